The summed E-state index contributed by atoms with van der Waals surface area (Å²) in [7, 11) is 0. The average Bonchev–Trinajstić information content (AvgIpc) is 3.51. The van der Waals surface area contributed by atoms with E-state index in [1.54, 1.807) is 5.06 Å². The van der Waals surface area contributed by atoms with Crippen LogP contribution in [0.2, 0.25) is 0 Å². The van der Waals surface area contributed by atoms with Crippen molar-refractivity contribution < 1.29 is 10.0 Å². The molecular weight excluding hydrogens is 386 g/mol. The van der Waals surface area contributed by atoms with Crippen LogP contribution in [-0.4, -0.2) is 40.8 Å². The van der Waals surface area contributed by atoms with Crippen LogP contribution in [0.1, 0.15) is 69.4 Å². The Kier molecular flexibility index (Phi) is 6.00. The van der Waals surface area contributed by atoms with Crippen molar-refractivity contribution in [2.45, 2.75) is 89.8 Å². The molecule has 3 fully saturated rings. The van der Waals surface area contributed by atoms with Crippen LogP contribution >= 0.6 is 0 Å². The van der Waals surface area contributed by atoms with E-state index < -0.39 is 0 Å². The first kappa shape index (κ1) is 21.3. The summed E-state index contributed by atoms with van der Waals surface area (Å²) in [5.74, 6) is 2.46. The first-order valence-corrected chi connectivity index (χ1v) is 12.6. The van der Waals surface area contributed by atoms with Gasteiger partial charge in [-0.05, 0) is 61.0 Å². The number of benzene rings is 1. The van der Waals surface area contributed by atoms with Crippen molar-refractivity contribution in [3.05, 3.63) is 29.3 Å². The van der Waals surface area contributed by atoms with Gasteiger partial charge < -0.3 is 15.8 Å². The molecule has 2 saturated carbocycles. The molecule has 2 aliphatic heterocycles. The Bertz CT molecular complexity index is 802. The topological polar surface area (TPSA) is 64.6 Å². The number of rotatable bonds is 5. The molecule has 5 atom stereocenters. The quantitative estimate of drug-likeness (QED) is 0.649. The number of hydroxylamine groups is 2. The predicted molar refractivity (Wildman–Crippen MR) is 123 cm³/mol. The molecule has 0 aromatic heterocycles. The minimum absolute atomic E-state index is 0.0302. The van der Waals surface area contributed by atoms with Crippen LogP contribution in [0, 0.1) is 30.6 Å². The monoisotopic (exact) mass is 425 g/mol. The van der Waals surface area contributed by atoms with Gasteiger partial charge in [-0.2, -0.15) is 5.06 Å². The van der Waals surface area contributed by atoms with Gasteiger partial charge in [0.25, 0.3) is 0 Å². The zero-order valence-electron chi connectivity index (χ0n) is 19.1. The maximum absolute atomic E-state index is 13.3. The summed E-state index contributed by atoms with van der Waals surface area (Å²) in [5.41, 5.74) is 3.55. The van der Waals surface area contributed by atoms with Crippen LogP contribution in [0.3, 0.4) is 0 Å². The fourth-order valence-corrected chi connectivity index (χ4v) is 6.87. The fraction of sp³-hybridized carbons (Fsp3) is 0.731. The van der Waals surface area contributed by atoms with Crippen molar-refractivity contribution in [1.29, 1.82) is 0 Å². The fourth-order valence-electron chi connectivity index (χ4n) is 6.87. The molecular formula is C26H39N3O2. The van der Waals surface area contributed by atoms with Gasteiger partial charge >= 0.3 is 0 Å². The smallest absolute Gasteiger partial charge is 0.243 e. The summed E-state index contributed by atoms with van der Waals surface area (Å²) in [6.45, 7) is 5.17. The molecule has 0 radical (unpaired) electrons. The van der Waals surface area contributed by atoms with Crippen LogP contribution in [0.5, 0.6) is 0 Å². The zero-order chi connectivity index (χ0) is 21.5. The Morgan fingerprint density at radius 1 is 1.16 bits per heavy atom. The SMILES string of the molecule is Cc1cccc2c1NC(C(=O)NC(C1CC1)C1C(C)C(C3CCCCC3)CCN1O)C2. The van der Waals surface area contributed by atoms with Gasteiger partial charge in [0.2, 0.25) is 5.91 Å². The third-order valence-electron chi connectivity index (χ3n) is 8.73. The molecule has 5 rings (SSSR count). The molecule has 1 amide bonds. The van der Waals surface area contributed by atoms with Gasteiger partial charge in [0.05, 0.1) is 6.04 Å². The normalized spacial score (nSPS) is 32.9. The van der Waals surface area contributed by atoms with E-state index in [2.05, 4.69) is 42.7 Å². The lowest BCUT2D eigenvalue weighted by molar-refractivity contribution is -0.185. The van der Waals surface area contributed by atoms with E-state index in [-0.39, 0.29) is 24.0 Å². The minimum atomic E-state index is -0.211. The predicted octanol–water partition coefficient (Wildman–Crippen LogP) is 4.52. The highest BCUT2D eigenvalue weighted by atomic mass is 16.5. The lowest BCUT2D eigenvalue weighted by Crippen LogP contribution is -2.60. The lowest BCUT2D eigenvalue weighted by atomic mass is 9.68. The Morgan fingerprint density at radius 2 is 1.94 bits per heavy atom. The van der Waals surface area contributed by atoms with E-state index in [1.165, 1.54) is 43.2 Å². The number of piperidine rings is 1. The number of fused-ring (bicyclic) bond motifs is 1. The van der Waals surface area contributed by atoms with E-state index in [1.807, 2.05) is 0 Å². The second-order valence-corrected chi connectivity index (χ2v) is 10.7. The molecule has 0 bridgehead atoms. The summed E-state index contributed by atoms with van der Waals surface area (Å²) in [6, 6.07) is 6.15. The molecule has 2 heterocycles. The van der Waals surface area contributed by atoms with Crippen LogP contribution in [0.15, 0.2) is 18.2 Å². The number of carbonyl (C=O) groups is 1. The molecule has 1 aromatic carbocycles. The standard InChI is InChI=1S/C26H39N3O2/c1-16-7-6-10-20-15-22(27-23(16)20)26(30)28-24(19-11-12-19)25-17(2)21(13-14-29(25)31)18-8-4-3-5-9-18/h6-7,10,17-19,21-22,24-25,27,31H,3-5,8-9,11-15H2,1-2H3,(H,28,30). The van der Waals surface area contributed by atoms with Gasteiger partial charge in [-0.25, -0.2) is 0 Å². The van der Waals surface area contributed by atoms with Gasteiger partial charge in [0.1, 0.15) is 6.04 Å². The van der Waals surface area contributed by atoms with E-state index in [0.717, 1.165) is 43.8 Å². The maximum atomic E-state index is 13.3. The molecule has 5 nitrogen and oxygen atoms in total. The molecule has 31 heavy (non-hydrogen) atoms. The number of amides is 1. The van der Waals surface area contributed by atoms with Crippen LogP contribution in [0.4, 0.5) is 5.69 Å². The van der Waals surface area contributed by atoms with E-state index in [9.17, 15) is 10.0 Å². The van der Waals surface area contributed by atoms with Crippen LogP contribution in [0.25, 0.3) is 0 Å². The second kappa shape index (κ2) is 8.74. The van der Waals surface area contributed by atoms with Crippen molar-refractivity contribution in [3.63, 3.8) is 0 Å². The number of hydrogen-bond acceptors (Lipinski definition) is 4. The Hall–Kier alpha value is -1.59. The molecule has 5 unspecified atom stereocenters. The zero-order valence-corrected chi connectivity index (χ0v) is 19.1. The molecule has 0 spiro atoms. The number of nitrogens with zero attached hydrogens (tertiary/aromatic N) is 1. The number of aryl methyl sites for hydroxylation is 1. The van der Waals surface area contributed by atoms with Crippen molar-refractivity contribution in [1.82, 2.24) is 10.4 Å². The summed E-state index contributed by atoms with van der Waals surface area (Å²) < 4.78 is 0. The molecule has 4 aliphatic rings. The highest BCUT2D eigenvalue weighted by Gasteiger charge is 2.48. The van der Waals surface area contributed by atoms with Gasteiger partial charge in [0, 0.05) is 24.7 Å². The second-order valence-electron chi connectivity index (χ2n) is 10.7. The van der Waals surface area contributed by atoms with Gasteiger partial charge in [-0.3, -0.25) is 4.79 Å². The first-order chi connectivity index (χ1) is 15.0. The lowest BCUT2D eigenvalue weighted by Gasteiger charge is -2.48. The average molecular weight is 426 g/mol. The van der Waals surface area contributed by atoms with Gasteiger partial charge in [0.15, 0.2) is 0 Å². The molecule has 3 N–H and O–H groups in total. The van der Waals surface area contributed by atoms with Crippen LogP contribution < -0.4 is 10.6 Å². The maximum Gasteiger partial charge on any atom is 0.243 e. The highest BCUT2D eigenvalue weighted by molar-refractivity contribution is 5.88. The van der Waals surface area contributed by atoms with Crippen molar-refractivity contribution in [2.75, 3.05) is 11.9 Å². The number of para-hydroxylation sites is 1. The number of carbonyl (C=O) groups excluding carboxylic acids is 1. The minimum Gasteiger partial charge on any atom is -0.373 e. The summed E-state index contributed by atoms with van der Waals surface area (Å²) in [5, 5.41) is 19.4. The Morgan fingerprint density at radius 3 is 2.65 bits per heavy atom. The third kappa shape index (κ3) is 4.23. The molecule has 1 saturated heterocycles. The number of hydrogen-bond donors (Lipinski definition) is 3. The van der Waals surface area contributed by atoms with Crippen molar-refractivity contribution >= 4 is 11.6 Å². The number of nitrogens with one attached hydrogen (secondary N) is 2. The summed E-state index contributed by atoms with van der Waals surface area (Å²) in [6.07, 6.45) is 10.9. The molecule has 5 heteroatoms. The van der Waals surface area contributed by atoms with E-state index >= 15 is 0 Å². The van der Waals surface area contributed by atoms with Crippen LogP contribution in [-0.2, 0) is 11.2 Å². The molecule has 2 aliphatic carbocycles. The summed E-state index contributed by atoms with van der Waals surface area (Å²) in [4.78, 5) is 13.3. The Balaban J connectivity index is 1.30. The first-order valence-electron chi connectivity index (χ1n) is 12.6. The molecule has 170 valence electrons. The van der Waals surface area contributed by atoms with E-state index in [4.69, 9.17) is 0 Å². The summed E-state index contributed by atoms with van der Waals surface area (Å²) >= 11 is 0. The van der Waals surface area contributed by atoms with E-state index in [0.29, 0.717) is 17.8 Å². The highest BCUT2D eigenvalue weighted by Crippen LogP contribution is 2.45. The third-order valence-corrected chi connectivity index (χ3v) is 8.73. The van der Waals surface area contributed by atoms with Gasteiger partial charge in [-0.1, -0.05) is 57.2 Å². The Labute approximate surface area is 186 Å². The van der Waals surface area contributed by atoms with Gasteiger partial charge in [-0.15, -0.1) is 0 Å². The molecule has 1 aromatic rings. The van der Waals surface area contributed by atoms with Crippen molar-refractivity contribution in [2.24, 2.45) is 23.7 Å². The van der Waals surface area contributed by atoms with Crippen molar-refractivity contribution in [3.8, 4) is 0 Å². The largest absolute Gasteiger partial charge is 0.373 e. The number of anilines is 1.